The second-order valence-electron chi connectivity index (χ2n) is 32.1. The summed E-state index contributed by atoms with van der Waals surface area (Å²) < 4.78 is 0. The van der Waals surface area contributed by atoms with E-state index in [2.05, 4.69) is 476 Å². The molecular formula is C108H72B4N8. The van der Waals surface area contributed by atoms with Gasteiger partial charge >= 0.3 is 0 Å². The van der Waals surface area contributed by atoms with Crippen LogP contribution in [0.4, 0.5) is 136 Å². The molecule has 0 spiro atoms. The van der Waals surface area contributed by atoms with Gasteiger partial charge in [0.2, 0.25) is 0 Å². The lowest BCUT2D eigenvalue weighted by Gasteiger charge is -2.47. The highest BCUT2D eigenvalue weighted by atomic mass is 15.2. The van der Waals surface area contributed by atoms with Crippen LogP contribution in [0, 0.1) is 0 Å². The number of benzene rings is 18. The molecule has 0 amide bonds. The first-order valence-electron chi connectivity index (χ1n) is 41.7. The normalized spacial score (nSPS) is 13.8. The standard InChI is InChI=1S/2C54H36B2N4/c1-5-19-37(20-6-1)57-45-29-15-13-27-41(45)55-43-35-52-44(36-51(43)59(39-23-9-3-10-24-39)49-33-17-31-47(57)53(49)55)56-42-28-14-16-30-46(42)58(38-21-7-2-8-22-38)48-32-18-34-50(54(48)56)60(52)40-25-11-4-12-26-40;1-5-19-37(20-6-1)57-45-29-15-13-27-41(45)55-43-35-44-52(36-51(43)59(39-23-9-3-10-24-39)49-33-17-31-47(57)53(49)55)60(40-25-11-4-12-26-40)50-34-18-32-48-54(50)56(44)42-28-14-16-30-46(42)58(48)38-21-7-2-8-22-38/h2*1-36H. The first kappa shape index (κ1) is 67.9. The van der Waals surface area contributed by atoms with Crippen molar-refractivity contribution in [2.24, 2.45) is 0 Å². The highest BCUT2D eigenvalue weighted by molar-refractivity contribution is 7.04. The predicted molar refractivity (Wildman–Crippen MR) is 509 cm³/mol. The number of fused-ring (bicyclic) bond motifs is 16. The third-order valence-electron chi connectivity index (χ3n) is 26.0. The smallest absolute Gasteiger partial charge is 0.252 e. The number of rotatable bonds is 8. The molecule has 0 saturated heterocycles. The minimum absolute atomic E-state index is 0.00481. The Labute approximate surface area is 700 Å². The van der Waals surface area contributed by atoms with E-state index in [4.69, 9.17) is 0 Å². The highest BCUT2D eigenvalue weighted by Crippen LogP contribution is 2.52. The van der Waals surface area contributed by atoms with Gasteiger partial charge in [0, 0.05) is 136 Å². The van der Waals surface area contributed by atoms with E-state index < -0.39 is 0 Å². The van der Waals surface area contributed by atoms with Crippen molar-refractivity contribution < 1.29 is 0 Å². The third-order valence-corrected chi connectivity index (χ3v) is 26.0. The summed E-state index contributed by atoms with van der Waals surface area (Å²) >= 11 is 0. The Balaban J connectivity index is 0.000000133. The van der Waals surface area contributed by atoms with E-state index in [1.54, 1.807) is 0 Å². The minimum atomic E-state index is 0.00481. The van der Waals surface area contributed by atoms with E-state index in [1.165, 1.54) is 157 Å². The molecule has 18 aromatic carbocycles. The van der Waals surface area contributed by atoms with Crippen molar-refractivity contribution in [1.29, 1.82) is 0 Å². The second kappa shape index (κ2) is 27.1. The minimum Gasteiger partial charge on any atom is -0.311 e. The molecule has 556 valence electrons. The maximum atomic E-state index is 2.59. The molecule has 0 N–H and O–H groups in total. The van der Waals surface area contributed by atoms with Crippen LogP contribution in [0.5, 0.6) is 0 Å². The van der Waals surface area contributed by atoms with E-state index in [9.17, 15) is 0 Å². The molecule has 0 atom stereocenters. The van der Waals surface area contributed by atoms with Crippen molar-refractivity contribution in [3.05, 3.63) is 437 Å². The Kier molecular flexibility index (Phi) is 15.3. The Bertz CT molecular complexity index is 6710. The van der Waals surface area contributed by atoms with Crippen LogP contribution < -0.4 is 105 Å². The molecule has 0 unspecified atom stereocenters. The van der Waals surface area contributed by atoms with E-state index in [0.29, 0.717) is 0 Å². The Morgan fingerprint density at radius 2 is 0.258 bits per heavy atom. The van der Waals surface area contributed by atoms with Crippen molar-refractivity contribution in [3.63, 3.8) is 0 Å². The zero-order valence-electron chi connectivity index (χ0n) is 65.5. The van der Waals surface area contributed by atoms with Crippen LogP contribution in [0.25, 0.3) is 0 Å². The maximum Gasteiger partial charge on any atom is 0.252 e. The number of hydrogen-bond donors (Lipinski definition) is 0. The van der Waals surface area contributed by atoms with Crippen molar-refractivity contribution in [2.45, 2.75) is 0 Å². The van der Waals surface area contributed by atoms with Gasteiger partial charge in [-0.25, -0.2) is 0 Å². The Hall–Kier alpha value is -15.4. The quantitative estimate of drug-likeness (QED) is 0.139. The van der Waals surface area contributed by atoms with Gasteiger partial charge in [0.25, 0.3) is 26.9 Å². The lowest BCUT2D eigenvalue weighted by molar-refractivity contribution is 1.23. The Morgan fingerprint density at radius 1 is 0.108 bits per heavy atom. The second-order valence-corrected chi connectivity index (χ2v) is 32.1. The molecule has 0 aliphatic carbocycles. The zero-order valence-corrected chi connectivity index (χ0v) is 65.5. The van der Waals surface area contributed by atoms with Crippen LogP contribution in [0.15, 0.2) is 437 Å². The van der Waals surface area contributed by atoms with Crippen LogP contribution in [0.1, 0.15) is 0 Å². The summed E-state index contributed by atoms with van der Waals surface area (Å²) in [6.45, 7) is 0.0265. The number of nitrogens with zero attached hydrogens (tertiary/aromatic N) is 8. The molecule has 18 aromatic rings. The van der Waals surface area contributed by atoms with E-state index >= 15 is 0 Å². The van der Waals surface area contributed by atoms with Gasteiger partial charge in [0.1, 0.15) is 0 Å². The fraction of sp³-hybridized carbons (Fsp3) is 0. The first-order valence-corrected chi connectivity index (χ1v) is 41.7. The van der Waals surface area contributed by atoms with Crippen molar-refractivity contribution in [2.75, 3.05) is 39.2 Å². The number of hydrogen-bond acceptors (Lipinski definition) is 8. The average molecular weight is 1530 g/mol. The van der Waals surface area contributed by atoms with Gasteiger partial charge in [-0.2, -0.15) is 0 Å². The molecule has 8 nitrogen and oxygen atoms in total. The third kappa shape index (κ3) is 10.1. The van der Waals surface area contributed by atoms with E-state index in [0.717, 1.165) is 45.5 Å². The van der Waals surface area contributed by atoms with Gasteiger partial charge in [-0.3, -0.25) is 0 Å². The van der Waals surface area contributed by atoms with Crippen molar-refractivity contribution >= 4 is 229 Å². The molecule has 0 radical (unpaired) electrons. The van der Waals surface area contributed by atoms with Gasteiger partial charge in [0.05, 0.1) is 0 Å². The molecule has 26 rings (SSSR count). The van der Waals surface area contributed by atoms with Gasteiger partial charge in [0.15, 0.2) is 0 Å². The lowest BCUT2D eigenvalue weighted by Crippen LogP contribution is -2.65. The number of anilines is 24. The molecule has 0 saturated carbocycles. The maximum absolute atomic E-state index is 2.59. The molecule has 120 heavy (non-hydrogen) atoms. The monoisotopic (exact) mass is 1520 g/mol. The average Bonchev–Trinajstić information content (AvgIpc) is 0.687. The van der Waals surface area contributed by atoms with E-state index in [-0.39, 0.29) is 26.9 Å². The summed E-state index contributed by atoms with van der Waals surface area (Å²) in [5.41, 5.74) is 44.3. The molecule has 8 aliphatic rings. The van der Waals surface area contributed by atoms with Gasteiger partial charge < -0.3 is 39.2 Å². The predicted octanol–water partition coefficient (Wildman–Crippen LogP) is 19.7. The first-order chi connectivity index (χ1) is 59.7. The van der Waals surface area contributed by atoms with Crippen LogP contribution in [0.3, 0.4) is 0 Å². The molecule has 8 heterocycles. The largest absolute Gasteiger partial charge is 0.311 e. The van der Waals surface area contributed by atoms with Crippen LogP contribution >= 0.6 is 0 Å². The molecule has 12 heteroatoms. The SMILES string of the molecule is c1ccc(N2c3ccccc3B3c4cc5c(cc4N(c4ccccc4)c4cccc2c43)B2c3ccccc3N(c3ccccc3)c3cccc(c32)N5c2ccccc2)cc1.c1ccc(N2c3ccccc3B3c4cc5c(cc4N(c4ccccc4)c4cccc2c43)N(c2ccccc2)c2cccc3c2B5c2ccccc2N3c2ccccc2)cc1. The molecule has 8 aliphatic heterocycles. The highest BCUT2D eigenvalue weighted by Gasteiger charge is 2.51. The summed E-state index contributed by atoms with van der Waals surface area (Å²) in [5, 5.41) is 0. The fourth-order valence-corrected chi connectivity index (χ4v) is 21.4. The van der Waals surface area contributed by atoms with Crippen molar-refractivity contribution in [1.82, 2.24) is 0 Å². The molecule has 0 fully saturated rings. The summed E-state index contributed by atoms with van der Waals surface area (Å²) in [7, 11) is 0. The van der Waals surface area contributed by atoms with Crippen LogP contribution in [-0.2, 0) is 0 Å². The molecular weight excluding hydrogens is 1450 g/mol. The van der Waals surface area contributed by atoms with Crippen LogP contribution in [-0.4, -0.2) is 26.9 Å². The lowest BCUT2D eigenvalue weighted by atomic mass is 9.30. The van der Waals surface area contributed by atoms with Crippen molar-refractivity contribution in [3.8, 4) is 0 Å². The number of para-hydroxylation sites is 12. The zero-order chi connectivity index (χ0) is 78.6. The summed E-state index contributed by atoms with van der Waals surface area (Å²) in [6, 6.07) is 161. The Morgan fingerprint density at radius 3 is 0.458 bits per heavy atom. The summed E-state index contributed by atoms with van der Waals surface area (Å²) in [5.74, 6) is 0. The van der Waals surface area contributed by atoms with Gasteiger partial charge in [-0.1, -0.05) is 249 Å². The summed E-state index contributed by atoms with van der Waals surface area (Å²) in [6.07, 6.45) is 0. The van der Waals surface area contributed by atoms with E-state index in [1.807, 2.05) is 0 Å². The molecule has 0 aromatic heterocycles. The van der Waals surface area contributed by atoms with Gasteiger partial charge in [-0.15, -0.1) is 0 Å². The van der Waals surface area contributed by atoms with Crippen LogP contribution in [0.2, 0.25) is 0 Å². The fourth-order valence-electron chi connectivity index (χ4n) is 21.4. The van der Waals surface area contributed by atoms with Gasteiger partial charge in [-0.05, 0) is 254 Å². The summed E-state index contributed by atoms with van der Waals surface area (Å²) in [4.78, 5) is 19.9. The topological polar surface area (TPSA) is 25.9 Å². The molecule has 0 bridgehead atoms.